The van der Waals surface area contributed by atoms with E-state index in [0.717, 1.165) is 44.3 Å². The number of hydrogen-bond acceptors (Lipinski definition) is 6. The second kappa shape index (κ2) is 13.6. The molecule has 1 amide bonds. The Morgan fingerprint density at radius 3 is 2.00 bits per heavy atom. The van der Waals surface area contributed by atoms with Gasteiger partial charge < -0.3 is 20.4 Å². The molecule has 2 aromatic carbocycles. The van der Waals surface area contributed by atoms with Crippen molar-refractivity contribution < 1.29 is 33.0 Å². The Balaban J connectivity index is 0.000000641. The number of nitrogens with two attached hydrogens (primary N) is 1. The van der Waals surface area contributed by atoms with Crippen molar-refractivity contribution in [1.29, 1.82) is 0 Å². The molecule has 1 aliphatic rings. The molecule has 0 atom stereocenters. The number of carboxylic acids is 2. The summed E-state index contributed by atoms with van der Waals surface area (Å²) in [5, 5.41) is 23.1. The summed E-state index contributed by atoms with van der Waals surface area (Å²) >= 11 is 0. The fourth-order valence-electron chi connectivity index (χ4n) is 3.72. The van der Waals surface area contributed by atoms with Crippen molar-refractivity contribution in [3.8, 4) is 0 Å². The van der Waals surface area contributed by atoms with E-state index >= 15 is 0 Å². The van der Waals surface area contributed by atoms with E-state index in [1.807, 2.05) is 11.0 Å². The molecule has 11 heteroatoms. The van der Waals surface area contributed by atoms with Crippen molar-refractivity contribution in [2.75, 3.05) is 26.2 Å². The number of sulfonamides is 1. The summed E-state index contributed by atoms with van der Waals surface area (Å²) < 4.78 is 22.5. The zero-order valence-electron chi connectivity index (χ0n) is 19.3. The number of benzene rings is 2. The quantitative estimate of drug-likeness (QED) is 0.306. The normalized spacial score (nSPS) is 14.0. The minimum atomic E-state index is -3.66. The number of amides is 1. The Morgan fingerprint density at radius 1 is 0.914 bits per heavy atom. The molecule has 0 aliphatic carbocycles. The molecule has 190 valence electrons. The SMILES string of the molecule is NS(=O)(=O)c1ccc(CCNCC(=O)N2CCC(Cc3ccccc3)CC2)cc1.O=C(O)C(=O)O. The average Bonchev–Trinajstić information content (AvgIpc) is 2.83. The van der Waals surface area contributed by atoms with Crippen LogP contribution in [0.5, 0.6) is 0 Å². The maximum absolute atomic E-state index is 12.4. The molecule has 0 aromatic heterocycles. The summed E-state index contributed by atoms with van der Waals surface area (Å²) in [5.74, 6) is -2.85. The monoisotopic (exact) mass is 505 g/mol. The molecular weight excluding hydrogens is 474 g/mol. The van der Waals surface area contributed by atoms with Gasteiger partial charge in [-0.1, -0.05) is 42.5 Å². The number of hydrogen-bond donors (Lipinski definition) is 4. The van der Waals surface area contributed by atoms with Gasteiger partial charge in [-0.25, -0.2) is 23.1 Å². The van der Waals surface area contributed by atoms with Gasteiger partial charge in [-0.05, 0) is 61.4 Å². The summed E-state index contributed by atoms with van der Waals surface area (Å²) in [6.07, 6.45) is 3.91. The number of carbonyl (C=O) groups excluding carboxylic acids is 1. The Bertz CT molecular complexity index is 1070. The van der Waals surface area contributed by atoms with Crippen molar-refractivity contribution in [1.82, 2.24) is 10.2 Å². The van der Waals surface area contributed by atoms with E-state index in [2.05, 4.69) is 29.6 Å². The highest BCUT2D eigenvalue weighted by atomic mass is 32.2. The van der Waals surface area contributed by atoms with Crippen LogP contribution in [0.25, 0.3) is 0 Å². The Morgan fingerprint density at radius 2 is 1.49 bits per heavy atom. The Labute approximate surface area is 204 Å². The third kappa shape index (κ3) is 10.3. The van der Waals surface area contributed by atoms with Gasteiger partial charge in [0, 0.05) is 13.1 Å². The lowest BCUT2D eigenvalue weighted by Gasteiger charge is -2.32. The van der Waals surface area contributed by atoms with Crippen LogP contribution in [0.15, 0.2) is 59.5 Å². The minimum Gasteiger partial charge on any atom is -0.473 e. The lowest BCUT2D eigenvalue weighted by Crippen LogP contribution is -2.43. The first-order valence-electron chi connectivity index (χ1n) is 11.2. The number of rotatable bonds is 8. The fourth-order valence-corrected chi connectivity index (χ4v) is 4.24. The first-order chi connectivity index (χ1) is 16.6. The fraction of sp³-hybridized carbons (Fsp3) is 0.375. The lowest BCUT2D eigenvalue weighted by atomic mass is 9.90. The number of aliphatic carboxylic acids is 2. The second-order valence-electron chi connectivity index (χ2n) is 8.24. The molecule has 1 heterocycles. The summed E-state index contributed by atoms with van der Waals surface area (Å²) in [6, 6.07) is 17.1. The van der Waals surface area contributed by atoms with E-state index in [-0.39, 0.29) is 10.8 Å². The number of primary sulfonamides is 1. The van der Waals surface area contributed by atoms with E-state index in [1.54, 1.807) is 12.1 Å². The molecule has 0 saturated carbocycles. The Hall–Kier alpha value is -3.28. The van der Waals surface area contributed by atoms with Crippen LogP contribution in [0.4, 0.5) is 0 Å². The molecule has 0 radical (unpaired) electrons. The molecule has 1 aliphatic heterocycles. The number of carbonyl (C=O) groups is 3. The summed E-state index contributed by atoms with van der Waals surface area (Å²) in [7, 11) is -3.66. The van der Waals surface area contributed by atoms with Gasteiger partial charge in [0.1, 0.15) is 0 Å². The molecule has 0 unspecified atom stereocenters. The zero-order valence-corrected chi connectivity index (χ0v) is 20.1. The van der Waals surface area contributed by atoms with Crippen LogP contribution in [-0.4, -0.2) is 67.6 Å². The predicted molar refractivity (Wildman–Crippen MR) is 129 cm³/mol. The largest absolute Gasteiger partial charge is 0.473 e. The zero-order chi connectivity index (χ0) is 25.8. The van der Waals surface area contributed by atoms with Gasteiger partial charge in [0.15, 0.2) is 0 Å². The van der Waals surface area contributed by atoms with E-state index in [1.165, 1.54) is 17.7 Å². The van der Waals surface area contributed by atoms with Crippen molar-refractivity contribution in [3.63, 3.8) is 0 Å². The molecule has 3 rings (SSSR count). The van der Waals surface area contributed by atoms with Gasteiger partial charge in [-0.15, -0.1) is 0 Å². The van der Waals surface area contributed by atoms with Gasteiger partial charge >= 0.3 is 11.9 Å². The maximum atomic E-state index is 12.4. The average molecular weight is 506 g/mol. The molecule has 0 bridgehead atoms. The lowest BCUT2D eigenvalue weighted by molar-refractivity contribution is -0.159. The molecule has 10 nitrogen and oxygen atoms in total. The van der Waals surface area contributed by atoms with Gasteiger partial charge in [0.05, 0.1) is 11.4 Å². The minimum absolute atomic E-state index is 0.111. The maximum Gasteiger partial charge on any atom is 0.414 e. The van der Waals surface area contributed by atoms with Crippen LogP contribution in [0.3, 0.4) is 0 Å². The molecular formula is C24H31N3O7S. The highest BCUT2D eigenvalue weighted by Crippen LogP contribution is 2.21. The van der Waals surface area contributed by atoms with Gasteiger partial charge in [0.25, 0.3) is 0 Å². The third-order valence-corrected chi connectivity index (χ3v) is 6.57. The molecule has 0 spiro atoms. The van der Waals surface area contributed by atoms with Crippen molar-refractivity contribution in [2.45, 2.75) is 30.6 Å². The summed E-state index contributed by atoms with van der Waals surface area (Å²) in [5.41, 5.74) is 2.37. The second-order valence-corrected chi connectivity index (χ2v) is 9.80. The van der Waals surface area contributed by atoms with Crippen LogP contribution < -0.4 is 10.5 Å². The first kappa shape index (κ1) is 28.0. The molecule has 1 saturated heterocycles. The Kier molecular flexibility index (Phi) is 10.8. The van der Waals surface area contributed by atoms with Crippen LogP contribution >= 0.6 is 0 Å². The van der Waals surface area contributed by atoms with E-state index in [9.17, 15) is 13.2 Å². The number of likely N-dealkylation sites (tertiary alicyclic amines) is 1. The first-order valence-corrected chi connectivity index (χ1v) is 12.7. The van der Waals surface area contributed by atoms with Crippen LogP contribution in [0.2, 0.25) is 0 Å². The summed E-state index contributed by atoms with van der Waals surface area (Å²) in [4.78, 5) is 32.7. The molecule has 1 fully saturated rings. The molecule has 5 N–H and O–H groups in total. The van der Waals surface area contributed by atoms with Crippen molar-refractivity contribution in [3.05, 3.63) is 65.7 Å². The van der Waals surface area contributed by atoms with Crippen molar-refractivity contribution >= 4 is 27.9 Å². The van der Waals surface area contributed by atoms with E-state index in [0.29, 0.717) is 19.0 Å². The van der Waals surface area contributed by atoms with Gasteiger partial charge in [-0.3, -0.25) is 4.79 Å². The van der Waals surface area contributed by atoms with Crippen LogP contribution in [0, 0.1) is 5.92 Å². The standard InChI is InChI=1S/C22H29N3O3S.C2H2O4/c23-29(27,28)21-8-6-18(7-9-21)10-13-24-17-22(26)25-14-11-20(12-15-25)16-19-4-2-1-3-5-19;3-1(4)2(5)6/h1-9,20,24H,10-17H2,(H2,23,27,28);(H,3,4)(H,5,6). The number of piperidine rings is 1. The van der Waals surface area contributed by atoms with Gasteiger partial charge in [-0.2, -0.15) is 0 Å². The van der Waals surface area contributed by atoms with Crippen LogP contribution in [-0.2, 0) is 37.2 Å². The number of carboxylic acid groups (broad SMARTS) is 2. The summed E-state index contributed by atoms with van der Waals surface area (Å²) in [6.45, 7) is 2.64. The van der Waals surface area contributed by atoms with Crippen molar-refractivity contribution in [2.24, 2.45) is 11.1 Å². The van der Waals surface area contributed by atoms with E-state index < -0.39 is 22.0 Å². The predicted octanol–water partition coefficient (Wildman–Crippen LogP) is 1.10. The third-order valence-electron chi connectivity index (χ3n) is 5.64. The van der Waals surface area contributed by atoms with Crippen LogP contribution in [0.1, 0.15) is 24.0 Å². The van der Waals surface area contributed by atoms with Gasteiger partial charge in [0.2, 0.25) is 15.9 Å². The topological polar surface area (TPSA) is 167 Å². The number of nitrogens with one attached hydrogen (secondary N) is 1. The molecule has 2 aromatic rings. The highest BCUT2D eigenvalue weighted by Gasteiger charge is 2.22. The smallest absolute Gasteiger partial charge is 0.414 e. The van der Waals surface area contributed by atoms with E-state index in [4.69, 9.17) is 24.9 Å². The molecule has 35 heavy (non-hydrogen) atoms. The highest BCUT2D eigenvalue weighted by molar-refractivity contribution is 7.89. The number of nitrogens with zero attached hydrogens (tertiary/aromatic N) is 1.